The fraction of sp³-hybridized carbons (Fsp3) is 0.263. The first-order chi connectivity index (χ1) is 12.1. The summed E-state index contributed by atoms with van der Waals surface area (Å²) in [6.45, 7) is 0.600. The van der Waals surface area contributed by atoms with E-state index in [-0.39, 0.29) is 24.1 Å². The molecular formula is C19H20FN2O3+. The number of para-hydroxylation sites is 1. The molecule has 1 unspecified atom stereocenters. The number of hydrogen-bond donors (Lipinski definition) is 2. The zero-order chi connectivity index (χ0) is 17.8. The van der Waals surface area contributed by atoms with Gasteiger partial charge in [0.25, 0.3) is 5.91 Å². The van der Waals surface area contributed by atoms with Gasteiger partial charge in [0.1, 0.15) is 12.4 Å². The lowest BCUT2D eigenvalue weighted by molar-refractivity contribution is -0.924. The highest BCUT2D eigenvalue weighted by Crippen LogP contribution is 2.15. The molecule has 5 nitrogen and oxygen atoms in total. The number of carbonyl (C=O) groups excluding carboxylic acids is 2. The maximum absolute atomic E-state index is 13.7. The second-order valence-corrected chi connectivity index (χ2v) is 6.09. The van der Waals surface area contributed by atoms with Crippen LogP contribution in [0.5, 0.6) is 0 Å². The van der Waals surface area contributed by atoms with Crippen molar-refractivity contribution >= 4 is 17.6 Å². The van der Waals surface area contributed by atoms with E-state index in [0.717, 1.165) is 16.0 Å². The quantitative estimate of drug-likeness (QED) is 0.813. The molecule has 130 valence electrons. The zero-order valence-electron chi connectivity index (χ0n) is 13.9. The van der Waals surface area contributed by atoms with Crippen LogP contribution in [-0.2, 0) is 27.3 Å². The van der Waals surface area contributed by atoms with Crippen LogP contribution in [-0.4, -0.2) is 31.6 Å². The second kappa shape index (κ2) is 7.44. The van der Waals surface area contributed by atoms with E-state index in [2.05, 4.69) is 5.32 Å². The Morgan fingerprint density at radius 2 is 1.84 bits per heavy atom. The molecule has 1 aliphatic rings. The number of benzene rings is 2. The van der Waals surface area contributed by atoms with Crippen molar-refractivity contribution in [1.82, 2.24) is 0 Å². The molecule has 3 rings (SSSR count). The molecule has 0 saturated carbocycles. The number of rotatable bonds is 4. The smallest absolute Gasteiger partial charge is 0.365 e. The molecule has 6 heteroatoms. The molecule has 25 heavy (non-hydrogen) atoms. The molecule has 2 aromatic rings. The van der Waals surface area contributed by atoms with Gasteiger partial charge in [0, 0.05) is 12.0 Å². The summed E-state index contributed by atoms with van der Waals surface area (Å²) in [5.74, 6) is -1.17. The molecule has 0 saturated heterocycles. The lowest BCUT2D eigenvalue weighted by Gasteiger charge is -2.31. The summed E-state index contributed by atoms with van der Waals surface area (Å²) in [5.41, 5.74) is 2.34. The van der Waals surface area contributed by atoms with Crippen LogP contribution in [0.4, 0.5) is 10.1 Å². The Bertz CT molecular complexity index is 794. The van der Waals surface area contributed by atoms with E-state index in [1.165, 1.54) is 19.2 Å². The number of ether oxygens (including phenoxy) is 1. The van der Waals surface area contributed by atoms with Gasteiger partial charge >= 0.3 is 5.97 Å². The van der Waals surface area contributed by atoms with E-state index < -0.39 is 11.9 Å². The molecular weight excluding hydrogens is 323 g/mol. The third kappa shape index (κ3) is 3.85. The van der Waals surface area contributed by atoms with E-state index >= 15 is 0 Å². The third-order valence-electron chi connectivity index (χ3n) is 4.47. The van der Waals surface area contributed by atoms with Crippen molar-refractivity contribution in [2.75, 3.05) is 19.0 Å². The minimum Gasteiger partial charge on any atom is -0.465 e. The Kier molecular flexibility index (Phi) is 5.09. The molecule has 2 atom stereocenters. The summed E-state index contributed by atoms with van der Waals surface area (Å²) in [4.78, 5) is 25.3. The van der Waals surface area contributed by atoms with Crippen molar-refractivity contribution in [2.45, 2.75) is 19.0 Å². The number of nitrogens with one attached hydrogen (secondary N) is 2. The maximum atomic E-state index is 13.7. The first kappa shape index (κ1) is 17.1. The first-order valence-electron chi connectivity index (χ1n) is 8.12. The highest BCUT2D eigenvalue weighted by Gasteiger charge is 2.37. The predicted molar refractivity (Wildman–Crippen MR) is 90.5 cm³/mol. The van der Waals surface area contributed by atoms with Gasteiger partial charge in [0.05, 0.1) is 12.8 Å². The third-order valence-corrected chi connectivity index (χ3v) is 4.47. The monoisotopic (exact) mass is 343 g/mol. The number of hydrogen-bond acceptors (Lipinski definition) is 3. The van der Waals surface area contributed by atoms with Crippen molar-refractivity contribution in [1.29, 1.82) is 0 Å². The van der Waals surface area contributed by atoms with E-state index in [1.54, 1.807) is 12.1 Å². The van der Waals surface area contributed by atoms with Crippen LogP contribution in [0.1, 0.15) is 11.1 Å². The molecule has 0 aromatic heterocycles. The van der Waals surface area contributed by atoms with Gasteiger partial charge < -0.3 is 15.0 Å². The minimum atomic E-state index is -0.487. The number of quaternary nitrogens is 1. The lowest BCUT2D eigenvalue weighted by Crippen LogP contribution is -3.17. The number of fused-ring (bicyclic) bond motifs is 1. The largest absolute Gasteiger partial charge is 0.465 e. The lowest BCUT2D eigenvalue weighted by atomic mass is 9.94. The van der Waals surface area contributed by atoms with Gasteiger partial charge in [-0.1, -0.05) is 36.4 Å². The van der Waals surface area contributed by atoms with E-state index in [0.29, 0.717) is 13.0 Å². The Hall–Kier alpha value is -2.73. The van der Waals surface area contributed by atoms with Crippen molar-refractivity contribution < 1.29 is 23.6 Å². The number of halogens is 1. The van der Waals surface area contributed by atoms with Gasteiger partial charge in [-0.2, -0.15) is 0 Å². The van der Waals surface area contributed by atoms with Gasteiger partial charge in [-0.05, 0) is 17.7 Å². The first-order valence-corrected chi connectivity index (χ1v) is 8.12. The molecule has 0 aliphatic carbocycles. The normalized spacial score (nSPS) is 19.0. The van der Waals surface area contributed by atoms with Crippen LogP contribution >= 0.6 is 0 Å². The Morgan fingerprint density at radius 3 is 2.56 bits per heavy atom. The fourth-order valence-electron chi connectivity index (χ4n) is 3.20. The average Bonchev–Trinajstić information content (AvgIpc) is 2.62. The Morgan fingerprint density at radius 1 is 1.16 bits per heavy atom. The van der Waals surface area contributed by atoms with Crippen LogP contribution in [0, 0.1) is 5.82 Å². The summed E-state index contributed by atoms with van der Waals surface area (Å²) in [6, 6.07) is 13.4. The highest BCUT2D eigenvalue weighted by molar-refractivity contribution is 5.91. The van der Waals surface area contributed by atoms with Gasteiger partial charge in [-0.3, -0.25) is 4.79 Å². The number of methoxy groups -OCH3 is 1. The van der Waals surface area contributed by atoms with Crippen molar-refractivity contribution in [2.24, 2.45) is 0 Å². The van der Waals surface area contributed by atoms with E-state index in [9.17, 15) is 14.0 Å². The molecule has 2 aromatic carbocycles. The molecule has 0 fully saturated rings. The average molecular weight is 343 g/mol. The van der Waals surface area contributed by atoms with Gasteiger partial charge in [-0.15, -0.1) is 0 Å². The molecule has 1 aliphatic heterocycles. The number of carbonyl (C=O) groups is 2. The molecule has 2 N–H and O–H groups in total. The summed E-state index contributed by atoms with van der Waals surface area (Å²) in [7, 11) is 1.35. The molecule has 0 spiro atoms. The Balaban J connectivity index is 1.75. The van der Waals surface area contributed by atoms with E-state index in [4.69, 9.17) is 4.74 Å². The molecule has 0 bridgehead atoms. The van der Waals surface area contributed by atoms with Crippen molar-refractivity contribution in [3.05, 3.63) is 65.5 Å². The topological polar surface area (TPSA) is 59.8 Å². The van der Waals surface area contributed by atoms with Gasteiger partial charge in [0.2, 0.25) is 0 Å². The van der Waals surface area contributed by atoms with Crippen molar-refractivity contribution in [3.63, 3.8) is 0 Å². The summed E-state index contributed by atoms with van der Waals surface area (Å²) < 4.78 is 18.6. The molecule has 0 radical (unpaired) electrons. The highest BCUT2D eigenvalue weighted by atomic mass is 19.1. The number of amides is 1. The van der Waals surface area contributed by atoms with Crippen LogP contribution in [0.15, 0.2) is 48.5 Å². The number of esters is 1. The van der Waals surface area contributed by atoms with E-state index in [1.807, 2.05) is 24.3 Å². The SMILES string of the molecule is COC(=O)[C@@H]1Cc2ccccc2C[NH+]1CC(=O)Nc1ccccc1F. The summed E-state index contributed by atoms with van der Waals surface area (Å²) in [5, 5.41) is 2.57. The molecule has 1 amide bonds. The van der Waals surface area contributed by atoms with Crippen LogP contribution in [0.3, 0.4) is 0 Å². The van der Waals surface area contributed by atoms with Gasteiger partial charge in [0.15, 0.2) is 12.6 Å². The fourth-order valence-corrected chi connectivity index (χ4v) is 3.20. The zero-order valence-corrected chi connectivity index (χ0v) is 13.9. The number of anilines is 1. The Labute approximate surface area is 145 Å². The maximum Gasteiger partial charge on any atom is 0.365 e. The second-order valence-electron chi connectivity index (χ2n) is 6.09. The van der Waals surface area contributed by atoms with Crippen molar-refractivity contribution in [3.8, 4) is 0 Å². The minimum absolute atomic E-state index is 0.0580. The standard InChI is InChI=1S/C19H19FN2O3/c1-25-19(24)17-10-13-6-2-3-7-14(13)11-22(17)12-18(23)21-16-9-5-4-8-15(16)20/h2-9,17H,10-12H2,1H3,(H,21,23)/p+1/t17-/m0/s1. The van der Waals surface area contributed by atoms with Gasteiger partial charge in [-0.25, -0.2) is 9.18 Å². The predicted octanol–water partition coefficient (Wildman–Crippen LogP) is 0.947. The van der Waals surface area contributed by atoms with Crippen LogP contribution in [0.25, 0.3) is 0 Å². The van der Waals surface area contributed by atoms with Crippen LogP contribution in [0.2, 0.25) is 0 Å². The summed E-state index contributed by atoms with van der Waals surface area (Å²) in [6.07, 6.45) is 0.519. The molecule has 1 heterocycles. The summed E-state index contributed by atoms with van der Waals surface area (Å²) >= 11 is 0. The van der Waals surface area contributed by atoms with Crippen LogP contribution < -0.4 is 10.2 Å².